The first-order valence-corrected chi connectivity index (χ1v) is 19.8. The molecular weight excluding hydrogens is 749 g/mol. The second kappa shape index (κ2) is 15.6. The summed E-state index contributed by atoms with van der Waals surface area (Å²) in [5.41, 5.74) is 1.93. The molecule has 1 saturated heterocycles. The van der Waals surface area contributed by atoms with Gasteiger partial charge >= 0.3 is 5.97 Å². The number of aromatic nitrogens is 2. The number of β-lactam (4-membered cyclic amide) rings is 1. The Morgan fingerprint density at radius 3 is 2.13 bits per heavy atom. The number of thioether (sulfide) groups is 1. The van der Waals surface area contributed by atoms with Crippen LogP contribution in [-0.2, 0) is 35.6 Å². The highest BCUT2D eigenvalue weighted by Crippen LogP contribution is 2.41. The third-order valence-electron chi connectivity index (χ3n) is 8.94. The number of carbonyl (C=O) groups excluding carboxylic acids is 2. The molecule has 3 atom stereocenters. The standard InChI is InChI=1S/C38H32N6O7S3/c1-51-42-30(33(45)40-31-34(46)44-32(36(47)48)24(23-54(50)35(31)44)21-52-28-17-19-43(49)20-18-28)29-22-53-37(39-29)41-38(25-11-5-2-6-12-25,26-13-7-3-8-14-26)27-15-9-4-10-16-27/h2-20,22,31,35H,21,23H2,1H3,(H,39,41)(H,40,45)(H,47,48)/b42-30-/t31-,35-,54?/m1/s1. The van der Waals surface area contributed by atoms with E-state index in [0.29, 0.717) is 20.3 Å². The first kappa shape index (κ1) is 36.5. The smallest absolute Gasteiger partial charge is 0.352 e. The molecule has 54 heavy (non-hydrogen) atoms. The first-order valence-electron chi connectivity index (χ1n) is 16.5. The summed E-state index contributed by atoms with van der Waals surface area (Å²) in [7, 11) is -0.469. The number of carboxylic acid groups (broad SMARTS) is 1. The zero-order chi connectivity index (χ0) is 37.8. The number of carboxylic acids is 1. The van der Waals surface area contributed by atoms with Crippen molar-refractivity contribution in [2.45, 2.75) is 21.9 Å². The molecule has 0 aliphatic carbocycles. The van der Waals surface area contributed by atoms with Crippen LogP contribution in [-0.4, -0.2) is 72.7 Å². The molecule has 1 unspecified atom stereocenters. The Kier molecular flexibility index (Phi) is 10.6. The molecule has 2 amide bonds. The average Bonchev–Trinajstić information content (AvgIpc) is 3.66. The number of hydrogen-bond donors (Lipinski definition) is 3. The van der Waals surface area contributed by atoms with Gasteiger partial charge in [0.15, 0.2) is 23.2 Å². The number of oxime groups is 1. The summed E-state index contributed by atoms with van der Waals surface area (Å²) < 4.78 is 14.1. The van der Waals surface area contributed by atoms with E-state index in [9.17, 15) is 28.9 Å². The highest BCUT2D eigenvalue weighted by molar-refractivity contribution is 7.99. The number of benzene rings is 3. The number of amides is 2. The molecule has 2 aromatic heterocycles. The quantitative estimate of drug-likeness (QED) is 0.0300. The van der Waals surface area contributed by atoms with Gasteiger partial charge in [0.2, 0.25) is 0 Å². The number of thiazole rings is 1. The van der Waals surface area contributed by atoms with Crippen molar-refractivity contribution in [1.29, 1.82) is 0 Å². The van der Waals surface area contributed by atoms with Crippen LogP contribution in [0.1, 0.15) is 22.4 Å². The minimum atomic E-state index is -1.74. The average molecular weight is 781 g/mol. The SMILES string of the molecule is CO/N=C(\C(=O)N[C@@H]1C(=O)N2C(C(=O)O)=C(CSc3cc[n+]([O-])cc3)CS(=O)[C@H]12)c1csc(NC(c2ccccc2)(c2ccccc2)c2ccccc2)n1. The van der Waals surface area contributed by atoms with Crippen molar-refractivity contribution in [2.75, 3.05) is 23.9 Å². The molecule has 5 aromatic rings. The molecular formula is C38H32N6O7S3. The van der Waals surface area contributed by atoms with E-state index >= 15 is 0 Å². The third kappa shape index (κ3) is 6.98. The summed E-state index contributed by atoms with van der Waals surface area (Å²) in [5, 5.41) is 32.7. The van der Waals surface area contributed by atoms with Gasteiger partial charge in [0.05, 0.1) is 16.6 Å². The van der Waals surface area contributed by atoms with Crippen LogP contribution in [0.2, 0.25) is 0 Å². The molecule has 3 aromatic carbocycles. The summed E-state index contributed by atoms with van der Waals surface area (Å²) in [6.45, 7) is 0. The van der Waals surface area contributed by atoms with Crippen molar-refractivity contribution >= 4 is 62.5 Å². The molecule has 0 radical (unpaired) electrons. The van der Waals surface area contributed by atoms with Gasteiger partial charge in [-0.25, -0.2) is 9.78 Å². The molecule has 3 N–H and O–H groups in total. The third-order valence-corrected chi connectivity index (χ3v) is 12.4. The maximum absolute atomic E-state index is 13.8. The molecule has 0 bridgehead atoms. The van der Waals surface area contributed by atoms with Crippen molar-refractivity contribution in [3.8, 4) is 0 Å². The minimum absolute atomic E-state index is 0.115. The van der Waals surface area contributed by atoms with Crippen molar-refractivity contribution in [3.63, 3.8) is 0 Å². The van der Waals surface area contributed by atoms with Gasteiger partial charge in [-0.3, -0.25) is 18.7 Å². The lowest BCUT2D eigenvalue weighted by Crippen LogP contribution is -2.74. The van der Waals surface area contributed by atoms with Crippen LogP contribution in [0.3, 0.4) is 0 Å². The zero-order valence-electron chi connectivity index (χ0n) is 28.5. The second-order valence-corrected chi connectivity index (χ2v) is 15.6. The lowest BCUT2D eigenvalue weighted by Gasteiger charge is -2.49. The van der Waals surface area contributed by atoms with Gasteiger partial charge in [-0.15, -0.1) is 23.1 Å². The Bertz CT molecular complexity index is 2170. The van der Waals surface area contributed by atoms with Crippen molar-refractivity contribution in [1.82, 2.24) is 15.2 Å². The van der Waals surface area contributed by atoms with Crippen LogP contribution >= 0.6 is 23.1 Å². The molecule has 0 spiro atoms. The number of anilines is 1. The zero-order valence-corrected chi connectivity index (χ0v) is 31.0. The number of hydrogen-bond acceptors (Lipinski definition) is 11. The Hall–Kier alpha value is -5.84. The van der Waals surface area contributed by atoms with Crippen LogP contribution < -0.4 is 15.4 Å². The number of nitrogens with one attached hydrogen (secondary N) is 2. The van der Waals surface area contributed by atoms with Gasteiger partial charge < -0.3 is 25.8 Å². The Morgan fingerprint density at radius 1 is 1.02 bits per heavy atom. The van der Waals surface area contributed by atoms with Crippen LogP contribution in [0.25, 0.3) is 0 Å². The normalized spacial score (nSPS) is 18.4. The fourth-order valence-electron chi connectivity index (χ4n) is 6.52. The Balaban J connectivity index is 1.14. The van der Waals surface area contributed by atoms with E-state index in [-0.39, 0.29) is 28.6 Å². The van der Waals surface area contributed by atoms with Crippen molar-refractivity contribution < 1.29 is 33.3 Å². The van der Waals surface area contributed by atoms with Gasteiger partial charge in [0.1, 0.15) is 35.5 Å². The number of aliphatic carboxylic acids is 1. The number of rotatable bonds is 13. The van der Waals surface area contributed by atoms with Gasteiger partial charge in [-0.2, -0.15) is 4.73 Å². The summed E-state index contributed by atoms with van der Waals surface area (Å²) in [6, 6.07) is 31.7. The van der Waals surface area contributed by atoms with Gasteiger partial charge in [-0.05, 0) is 22.3 Å². The Labute approximate surface area is 320 Å². The molecule has 16 heteroatoms. The van der Waals surface area contributed by atoms with Crippen LogP contribution in [0.15, 0.2) is 142 Å². The fourth-order valence-corrected chi connectivity index (χ4v) is 9.98. The summed E-state index contributed by atoms with van der Waals surface area (Å²) in [5.74, 6) is -2.86. The number of pyridine rings is 1. The van der Waals surface area contributed by atoms with E-state index in [4.69, 9.17) is 9.82 Å². The van der Waals surface area contributed by atoms with Gasteiger partial charge in [0, 0.05) is 28.2 Å². The monoisotopic (exact) mass is 780 g/mol. The summed E-state index contributed by atoms with van der Waals surface area (Å²) in [4.78, 5) is 51.1. The van der Waals surface area contributed by atoms with E-state index in [1.807, 2.05) is 91.0 Å². The second-order valence-electron chi connectivity index (χ2n) is 12.1. The van der Waals surface area contributed by atoms with Crippen LogP contribution in [0.4, 0.5) is 5.13 Å². The molecule has 1 fully saturated rings. The van der Waals surface area contributed by atoms with Crippen LogP contribution in [0, 0.1) is 5.21 Å². The molecule has 2 aliphatic heterocycles. The van der Waals surface area contributed by atoms with E-state index in [1.165, 1.54) is 42.6 Å². The molecule has 4 heterocycles. The maximum atomic E-state index is 13.8. The van der Waals surface area contributed by atoms with E-state index in [2.05, 4.69) is 15.8 Å². The summed E-state index contributed by atoms with van der Waals surface area (Å²) >= 11 is 2.50. The number of carbonyl (C=O) groups is 3. The molecule has 274 valence electrons. The highest BCUT2D eigenvalue weighted by atomic mass is 32.2. The molecule has 2 aliphatic rings. The van der Waals surface area contributed by atoms with Gasteiger partial charge in [-0.1, -0.05) is 96.2 Å². The van der Waals surface area contributed by atoms with E-state index in [0.717, 1.165) is 21.6 Å². The largest absolute Gasteiger partial charge is 0.619 e. The lowest BCUT2D eigenvalue weighted by atomic mass is 9.77. The molecule has 13 nitrogen and oxygen atoms in total. The summed E-state index contributed by atoms with van der Waals surface area (Å²) in [6.07, 6.45) is 2.63. The highest BCUT2D eigenvalue weighted by Gasteiger charge is 2.57. The van der Waals surface area contributed by atoms with E-state index < -0.39 is 45.5 Å². The Morgan fingerprint density at radius 2 is 1.59 bits per heavy atom. The minimum Gasteiger partial charge on any atom is -0.619 e. The van der Waals surface area contributed by atoms with Crippen molar-refractivity contribution in [2.24, 2.45) is 5.16 Å². The van der Waals surface area contributed by atoms with Crippen LogP contribution in [0.5, 0.6) is 0 Å². The fraction of sp³-hybridized carbons (Fsp3) is 0.158. The topological polar surface area (TPSA) is 177 Å². The maximum Gasteiger partial charge on any atom is 0.352 e. The lowest BCUT2D eigenvalue weighted by molar-refractivity contribution is -0.605. The van der Waals surface area contributed by atoms with E-state index in [1.54, 1.807) is 17.5 Å². The number of fused-ring (bicyclic) bond motifs is 1. The number of nitrogens with zero attached hydrogens (tertiary/aromatic N) is 4. The molecule has 7 rings (SSSR count). The predicted molar refractivity (Wildman–Crippen MR) is 205 cm³/mol. The molecule has 0 saturated carbocycles. The van der Waals surface area contributed by atoms with Crippen molar-refractivity contribution in [3.05, 3.63) is 160 Å². The first-order chi connectivity index (χ1) is 26.2. The predicted octanol–water partition coefficient (Wildman–Crippen LogP) is 4.08. The van der Waals surface area contributed by atoms with Gasteiger partial charge in [0.25, 0.3) is 11.8 Å².